The SMILES string of the molecule is Cc1cnc(-n2cccc(C(C)(C)O)c2=O)cc1-n1c(C)cc(OCc2ncc(Cl)cc2F)c(Cl)c1=O. The number of aliphatic hydroxyl groups is 1. The average Bonchev–Trinajstić information content (AvgIpc) is 2.82. The predicted molar refractivity (Wildman–Crippen MR) is 139 cm³/mol. The van der Waals surface area contributed by atoms with Crippen molar-refractivity contribution in [1.82, 2.24) is 19.1 Å². The molecule has 1 N–H and O–H groups in total. The Kier molecular flexibility index (Phi) is 7.23. The number of aromatic nitrogens is 4. The molecule has 0 spiro atoms. The second-order valence-corrected chi connectivity index (χ2v) is 9.77. The van der Waals surface area contributed by atoms with Gasteiger partial charge < -0.3 is 9.84 Å². The number of aryl methyl sites for hydroxylation is 2. The van der Waals surface area contributed by atoms with E-state index in [2.05, 4.69) is 9.97 Å². The van der Waals surface area contributed by atoms with Crippen molar-refractivity contribution in [2.45, 2.75) is 39.9 Å². The minimum absolute atomic E-state index is 0.00986. The quantitative estimate of drug-likeness (QED) is 0.379. The Balaban J connectivity index is 1.76. The van der Waals surface area contributed by atoms with Gasteiger partial charge >= 0.3 is 0 Å². The molecule has 0 aliphatic rings. The van der Waals surface area contributed by atoms with Crippen LogP contribution in [0, 0.1) is 19.7 Å². The van der Waals surface area contributed by atoms with Crippen molar-refractivity contribution < 1.29 is 14.2 Å². The van der Waals surface area contributed by atoms with Gasteiger partial charge in [-0.05, 0) is 51.5 Å². The zero-order chi connectivity index (χ0) is 27.1. The van der Waals surface area contributed by atoms with E-state index in [-0.39, 0.29) is 39.5 Å². The predicted octanol–water partition coefficient (Wildman–Crippen LogP) is 4.65. The zero-order valence-electron chi connectivity index (χ0n) is 20.4. The van der Waals surface area contributed by atoms with E-state index >= 15 is 0 Å². The van der Waals surface area contributed by atoms with Gasteiger partial charge in [-0.25, -0.2) is 9.37 Å². The first-order chi connectivity index (χ1) is 17.4. The third-order valence-corrected chi connectivity index (χ3v) is 6.26. The van der Waals surface area contributed by atoms with Gasteiger partial charge in [0, 0.05) is 42.0 Å². The van der Waals surface area contributed by atoms with E-state index in [1.54, 1.807) is 38.1 Å². The molecule has 0 radical (unpaired) electrons. The third-order valence-electron chi connectivity index (χ3n) is 5.70. The smallest absolute Gasteiger partial charge is 0.277 e. The summed E-state index contributed by atoms with van der Waals surface area (Å²) in [6, 6.07) is 7.44. The largest absolute Gasteiger partial charge is 0.485 e. The highest BCUT2D eigenvalue weighted by molar-refractivity contribution is 6.31. The summed E-state index contributed by atoms with van der Waals surface area (Å²) in [5.74, 6) is -0.321. The first-order valence-electron chi connectivity index (χ1n) is 11.1. The van der Waals surface area contributed by atoms with Gasteiger partial charge in [0.1, 0.15) is 34.7 Å². The van der Waals surface area contributed by atoms with E-state index in [1.807, 2.05) is 0 Å². The number of nitrogens with zero attached hydrogens (tertiary/aromatic N) is 4. The summed E-state index contributed by atoms with van der Waals surface area (Å²) in [6.07, 6.45) is 4.36. The Bertz CT molecular complexity index is 1630. The van der Waals surface area contributed by atoms with Gasteiger partial charge in [-0.2, -0.15) is 0 Å². The molecular formula is C26H23Cl2FN4O4. The lowest BCUT2D eigenvalue weighted by molar-refractivity contribution is 0.0767. The van der Waals surface area contributed by atoms with Crippen LogP contribution in [-0.2, 0) is 12.2 Å². The van der Waals surface area contributed by atoms with Crippen molar-refractivity contribution >= 4 is 23.2 Å². The van der Waals surface area contributed by atoms with E-state index in [1.165, 1.54) is 41.6 Å². The first kappa shape index (κ1) is 26.5. The number of hydrogen-bond acceptors (Lipinski definition) is 6. The molecule has 0 aliphatic carbocycles. The Labute approximate surface area is 221 Å². The number of hydrogen-bond donors (Lipinski definition) is 1. The van der Waals surface area contributed by atoms with Crippen LogP contribution in [0.1, 0.15) is 36.4 Å². The second-order valence-electron chi connectivity index (χ2n) is 8.96. The van der Waals surface area contributed by atoms with Gasteiger partial charge in [-0.3, -0.25) is 23.7 Å². The first-order valence-corrected chi connectivity index (χ1v) is 11.9. The Morgan fingerprint density at radius 1 is 1.08 bits per heavy atom. The van der Waals surface area contributed by atoms with Crippen molar-refractivity contribution in [3.8, 4) is 17.3 Å². The number of pyridine rings is 4. The summed E-state index contributed by atoms with van der Waals surface area (Å²) in [6.45, 7) is 6.24. The molecule has 4 heterocycles. The molecule has 4 aromatic heterocycles. The summed E-state index contributed by atoms with van der Waals surface area (Å²) in [5.41, 5.74) is -0.574. The maximum atomic E-state index is 14.1. The van der Waals surface area contributed by atoms with Crippen LogP contribution in [0.2, 0.25) is 10.0 Å². The van der Waals surface area contributed by atoms with E-state index < -0.39 is 22.5 Å². The summed E-state index contributed by atoms with van der Waals surface area (Å²) in [5, 5.41) is 10.3. The minimum atomic E-state index is -1.35. The Hall–Kier alpha value is -3.53. The molecule has 0 unspecified atom stereocenters. The minimum Gasteiger partial charge on any atom is -0.485 e. The fourth-order valence-corrected chi connectivity index (χ4v) is 4.13. The van der Waals surface area contributed by atoms with E-state index in [4.69, 9.17) is 27.9 Å². The van der Waals surface area contributed by atoms with Crippen molar-refractivity contribution in [2.24, 2.45) is 0 Å². The molecule has 4 rings (SSSR count). The topological polar surface area (TPSA) is 99.2 Å². The van der Waals surface area contributed by atoms with E-state index in [9.17, 15) is 19.1 Å². The third kappa shape index (κ3) is 5.29. The normalized spacial score (nSPS) is 11.6. The van der Waals surface area contributed by atoms with Crippen LogP contribution in [0.5, 0.6) is 5.75 Å². The van der Waals surface area contributed by atoms with Crippen LogP contribution in [0.25, 0.3) is 11.5 Å². The zero-order valence-corrected chi connectivity index (χ0v) is 21.9. The lowest BCUT2D eigenvalue weighted by Gasteiger charge is -2.19. The fraction of sp³-hybridized carbons (Fsp3) is 0.231. The molecule has 37 heavy (non-hydrogen) atoms. The highest BCUT2D eigenvalue weighted by Gasteiger charge is 2.22. The molecule has 8 nitrogen and oxygen atoms in total. The van der Waals surface area contributed by atoms with Crippen molar-refractivity contribution in [3.63, 3.8) is 0 Å². The van der Waals surface area contributed by atoms with Crippen LogP contribution in [0.15, 0.2) is 58.5 Å². The van der Waals surface area contributed by atoms with Crippen LogP contribution in [-0.4, -0.2) is 24.2 Å². The van der Waals surface area contributed by atoms with Crippen LogP contribution < -0.4 is 15.9 Å². The van der Waals surface area contributed by atoms with Gasteiger partial charge in [0.05, 0.1) is 16.3 Å². The summed E-state index contributed by atoms with van der Waals surface area (Å²) in [7, 11) is 0. The molecule has 0 aliphatic heterocycles. The Morgan fingerprint density at radius 3 is 2.49 bits per heavy atom. The molecule has 0 aromatic carbocycles. The summed E-state index contributed by atoms with van der Waals surface area (Å²) in [4.78, 5) is 34.6. The molecule has 11 heteroatoms. The monoisotopic (exact) mass is 544 g/mol. The molecule has 4 aromatic rings. The number of ether oxygens (including phenoxy) is 1. The lowest BCUT2D eigenvalue weighted by Crippen LogP contribution is -2.31. The standard InChI is InChI=1S/C26H23Cl2FN4O4/c1-14-11-31-22(32-7-5-6-17(24(32)34)26(3,4)36)10-20(14)33-15(2)8-21(23(28)25(33)35)37-13-19-18(29)9-16(27)12-30-19/h5-12,36H,13H2,1-4H3. The second kappa shape index (κ2) is 10.1. The average molecular weight is 545 g/mol. The highest BCUT2D eigenvalue weighted by Crippen LogP contribution is 2.26. The van der Waals surface area contributed by atoms with Gasteiger partial charge in [0.25, 0.3) is 11.1 Å². The van der Waals surface area contributed by atoms with Crippen LogP contribution in [0.3, 0.4) is 0 Å². The van der Waals surface area contributed by atoms with Crippen molar-refractivity contribution in [3.05, 3.63) is 108 Å². The van der Waals surface area contributed by atoms with Crippen LogP contribution >= 0.6 is 23.2 Å². The molecule has 0 saturated heterocycles. The van der Waals surface area contributed by atoms with Gasteiger partial charge in [-0.1, -0.05) is 23.2 Å². The highest BCUT2D eigenvalue weighted by atomic mass is 35.5. The molecule has 192 valence electrons. The molecule has 0 atom stereocenters. The van der Waals surface area contributed by atoms with E-state index in [0.29, 0.717) is 16.9 Å². The van der Waals surface area contributed by atoms with E-state index in [0.717, 1.165) is 6.07 Å². The van der Waals surface area contributed by atoms with Crippen LogP contribution in [0.4, 0.5) is 4.39 Å². The van der Waals surface area contributed by atoms with Crippen molar-refractivity contribution in [2.75, 3.05) is 0 Å². The van der Waals surface area contributed by atoms with Crippen molar-refractivity contribution in [1.29, 1.82) is 0 Å². The summed E-state index contributed by atoms with van der Waals surface area (Å²) < 4.78 is 22.3. The van der Waals surface area contributed by atoms with Gasteiger partial charge in [0.15, 0.2) is 0 Å². The maximum absolute atomic E-state index is 14.1. The van der Waals surface area contributed by atoms with Gasteiger partial charge in [0.2, 0.25) is 0 Å². The molecular weight excluding hydrogens is 522 g/mol. The lowest BCUT2D eigenvalue weighted by atomic mass is 10.0. The Morgan fingerprint density at radius 2 is 1.81 bits per heavy atom. The summed E-state index contributed by atoms with van der Waals surface area (Å²) >= 11 is 12.1. The maximum Gasteiger partial charge on any atom is 0.277 e. The molecule has 0 amide bonds. The van der Waals surface area contributed by atoms with Gasteiger partial charge in [-0.15, -0.1) is 0 Å². The molecule has 0 fully saturated rings. The number of rotatable bonds is 6. The number of halogens is 3. The molecule has 0 saturated carbocycles. The fourth-order valence-electron chi connectivity index (χ4n) is 3.80. The molecule has 0 bridgehead atoms.